The molecule has 1 unspecified atom stereocenters. The van der Waals surface area contributed by atoms with Gasteiger partial charge < -0.3 is 15.0 Å². The fraction of sp³-hybridized carbons (Fsp3) is 0.484. The van der Waals surface area contributed by atoms with Crippen molar-refractivity contribution in [1.29, 1.82) is 0 Å². The van der Waals surface area contributed by atoms with Gasteiger partial charge in [0.1, 0.15) is 5.83 Å². The molecule has 2 heterocycles. The summed E-state index contributed by atoms with van der Waals surface area (Å²) < 4.78 is 20.0. The molecule has 1 aliphatic heterocycles. The number of likely N-dealkylation sites (tertiary alicyclic amines) is 1. The zero-order chi connectivity index (χ0) is 29.2. The molecule has 2 N–H and O–H groups in total. The Bertz CT molecular complexity index is 1410. The monoisotopic (exact) mass is 550 g/mol. The predicted molar refractivity (Wildman–Crippen MR) is 152 cm³/mol. The number of H-pyrrole nitrogens is 1. The summed E-state index contributed by atoms with van der Waals surface area (Å²) in [6.07, 6.45) is 7.37. The lowest BCUT2D eigenvalue weighted by Gasteiger charge is -2.44. The first-order valence-corrected chi connectivity index (χ1v) is 13.7. The molecule has 1 aliphatic carbocycles. The Morgan fingerprint density at radius 1 is 1.23 bits per heavy atom. The molecule has 2 aromatic rings. The predicted octanol–water partition coefficient (Wildman–Crippen LogP) is 4.31. The number of carbonyl (C=O) groups is 2. The number of benzene rings is 1. The van der Waals surface area contributed by atoms with Crippen molar-refractivity contribution in [3.63, 3.8) is 0 Å². The Morgan fingerprint density at radius 2 is 1.98 bits per heavy atom. The largest absolute Gasteiger partial charge is 0.377 e. The first kappa shape index (κ1) is 29.4. The van der Waals surface area contributed by atoms with Crippen LogP contribution < -0.4 is 10.9 Å². The molecule has 2 aliphatic rings. The first-order chi connectivity index (χ1) is 18.8. The van der Waals surface area contributed by atoms with Crippen molar-refractivity contribution < 1.29 is 18.7 Å². The molecule has 1 aromatic heterocycles. The fourth-order valence-corrected chi connectivity index (χ4v) is 5.99. The molecular formula is C31H39FN4O4. The highest BCUT2D eigenvalue weighted by Gasteiger charge is 2.50. The topological polar surface area (TPSA) is 104 Å². The molecule has 40 heavy (non-hydrogen) atoms. The molecule has 9 heteroatoms. The van der Waals surface area contributed by atoms with Crippen molar-refractivity contribution >= 4 is 11.8 Å². The van der Waals surface area contributed by atoms with Crippen molar-refractivity contribution in [2.75, 3.05) is 13.7 Å². The highest BCUT2D eigenvalue weighted by atomic mass is 19.1. The molecule has 0 spiro atoms. The van der Waals surface area contributed by atoms with Crippen LogP contribution in [0.4, 0.5) is 4.39 Å². The first-order valence-electron chi connectivity index (χ1n) is 13.7. The van der Waals surface area contributed by atoms with Crippen LogP contribution in [0.25, 0.3) is 0 Å². The Kier molecular flexibility index (Phi) is 8.44. The van der Waals surface area contributed by atoms with Crippen LogP contribution >= 0.6 is 0 Å². The Hall–Kier alpha value is -3.59. The summed E-state index contributed by atoms with van der Waals surface area (Å²) in [5.74, 6) is -0.890. The lowest BCUT2D eigenvalue weighted by molar-refractivity contribution is -0.142. The van der Waals surface area contributed by atoms with Crippen molar-refractivity contribution in [1.82, 2.24) is 20.4 Å². The minimum atomic E-state index is -0.612. The van der Waals surface area contributed by atoms with E-state index in [1.807, 2.05) is 51.7 Å². The Balaban J connectivity index is 1.49. The van der Waals surface area contributed by atoms with Crippen LogP contribution in [0.2, 0.25) is 0 Å². The van der Waals surface area contributed by atoms with Crippen LogP contribution in [-0.4, -0.2) is 58.3 Å². The molecule has 2 amide bonds. The van der Waals surface area contributed by atoms with Gasteiger partial charge in [-0.25, -0.2) is 9.49 Å². The van der Waals surface area contributed by atoms with E-state index >= 15 is 0 Å². The van der Waals surface area contributed by atoms with Gasteiger partial charge in [0.25, 0.3) is 11.5 Å². The van der Waals surface area contributed by atoms with E-state index < -0.39 is 11.0 Å². The third kappa shape index (κ3) is 6.09. The van der Waals surface area contributed by atoms with E-state index in [9.17, 15) is 18.8 Å². The molecule has 4 rings (SSSR count). The molecule has 8 nitrogen and oxygen atoms in total. The van der Waals surface area contributed by atoms with Gasteiger partial charge in [0.2, 0.25) is 5.91 Å². The maximum Gasteiger partial charge on any atom is 0.267 e. The maximum atomic E-state index is 14.3. The normalized spacial score (nSPS) is 22.8. The second-order valence-corrected chi connectivity index (χ2v) is 11.7. The quantitative estimate of drug-likeness (QED) is 0.510. The summed E-state index contributed by atoms with van der Waals surface area (Å²) in [6, 6.07) is 6.59. The van der Waals surface area contributed by atoms with Gasteiger partial charge >= 0.3 is 0 Å². The fourth-order valence-electron chi connectivity index (χ4n) is 5.99. The summed E-state index contributed by atoms with van der Waals surface area (Å²) in [5.41, 5.74) is 2.12. The highest BCUT2D eigenvalue weighted by molar-refractivity contribution is 5.96. The van der Waals surface area contributed by atoms with E-state index in [2.05, 4.69) is 15.5 Å². The number of aryl methyl sites for hydroxylation is 2. The maximum absolute atomic E-state index is 14.3. The molecule has 1 aromatic carbocycles. The Labute approximate surface area is 234 Å². The van der Waals surface area contributed by atoms with Crippen molar-refractivity contribution in [3.05, 3.63) is 86.6 Å². The third-order valence-electron chi connectivity index (χ3n) is 8.46. The number of amides is 2. The number of nitrogens with one attached hydrogen (secondary N) is 2. The van der Waals surface area contributed by atoms with Crippen LogP contribution in [0, 0.1) is 19.3 Å². The summed E-state index contributed by atoms with van der Waals surface area (Å²) in [4.78, 5) is 40.7. The summed E-state index contributed by atoms with van der Waals surface area (Å²) in [6.45, 7) is 9.39. The lowest BCUT2D eigenvalue weighted by atomic mass is 9.75. The number of ether oxygens (including phenoxy) is 1. The van der Waals surface area contributed by atoms with Gasteiger partial charge in [-0.2, -0.15) is 5.10 Å². The van der Waals surface area contributed by atoms with Crippen LogP contribution in [0.3, 0.4) is 0 Å². The number of aromatic nitrogens is 2. The van der Waals surface area contributed by atoms with Gasteiger partial charge in [0, 0.05) is 36.1 Å². The number of rotatable bonds is 8. The average molecular weight is 551 g/mol. The number of methoxy groups -OCH3 is 1. The van der Waals surface area contributed by atoms with Crippen LogP contribution in [0.5, 0.6) is 0 Å². The summed E-state index contributed by atoms with van der Waals surface area (Å²) in [5, 5.41) is 9.19. The van der Waals surface area contributed by atoms with Crippen LogP contribution in [0.1, 0.15) is 72.8 Å². The Morgan fingerprint density at radius 3 is 2.65 bits per heavy atom. The molecule has 1 fully saturated rings. The van der Waals surface area contributed by atoms with E-state index in [0.29, 0.717) is 30.4 Å². The van der Waals surface area contributed by atoms with E-state index in [1.54, 1.807) is 31.4 Å². The number of nitrogens with zero attached hydrogens (tertiary/aromatic N) is 2. The number of hydrogen-bond donors (Lipinski definition) is 2. The molecular weight excluding hydrogens is 511 g/mol. The summed E-state index contributed by atoms with van der Waals surface area (Å²) >= 11 is 0. The molecule has 1 saturated heterocycles. The second kappa shape index (κ2) is 11.5. The SMILES string of the molecule is COC(C)(C)[C@H]1CC[C@@H](C2(C)C=C(F)C=CC2)N1C(=O)CNC(=O)c1ccc(Cc2cc(C)n[nH]c2=O)c(C)c1. The molecule has 3 atom stereocenters. The van der Waals surface area contributed by atoms with Crippen molar-refractivity contribution in [2.45, 2.75) is 78.0 Å². The minimum absolute atomic E-state index is 0.184. The molecule has 0 radical (unpaired) electrons. The molecule has 0 saturated carbocycles. The van der Waals surface area contributed by atoms with Gasteiger partial charge in [-0.3, -0.25) is 14.4 Å². The smallest absolute Gasteiger partial charge is 0.267 e. The van der Waals surface area contributed by atoms with E-state index in [0.717, 1.165) is 23.2 Å². The zero-order valence-electron chi connectivity index (χ0n) is 24.1. The summed E-state index contributed by atoms with van der Waals surface area (Å²) in [7, 11) is 1.63. The van der Waals surface area contributed by atoms with Gasteiger partial charge in [0.15, 0.2) is 0 Å². The van der Waals surface area contributed by atoms with Crippen molar-refractivity contribution in [3.8, 4) is 0 Å². The van der Waals surface area contributed by atoms with Crippen LogP contribution in [0.15, 0.2) is 53.1 Å². The highest BCUT2D eigenvalue weighted by Crippen LogP contribution is 2.45. The third-order valence-corrected chi connectivity index (χ3v) is 8.46. The zero-order valence-corrected chi connectivity index (χ0v) is 24.1. The van der Waals surface area contributed by atoms with Crippen molar-refractivity contribution in [2.24, 2.45) is 5.41 Å². The molecule has 214 valence electrons. The van der Waals surface area contributed by atoms with Gasteiger partial charge in [0.05, 0.1) is 23.9 Å². The average Bonchev–Trinajstić information content (AvgIpc) is 3.38. The van der Waals surface area contributed by atoms with E-state index in [-0.39, 0.29) is 41.8 Å². The van der Waals surface area contributed by atoms with Gasteiger partial charge in [-0.15, -0.1) is 0 Å². The standard InChI is InChI=1S/C31H39FN4O4/c1-19-14-22(10-9-21(19)16-23-15-20(2)34-35-29(23)39)28(38)33-18-27(37)36-25(30(3,4)40-6)11-12-26(36)31(5)13-7-8-24(32)17-31/h7-10,14-15,17,25-26H,11-13,16,18H2,1-6H3,(H,33,38)(H,35,39)/t25-,26+,31?/m1/s1. The van der Waals surface area contributed by atoms with Gasteiger partial charge in [-0.1, -0.05) is 19.1 Å². The number of aromatic amines is 1. The number of allylic oxidation sites excluding steroid dienone is 3. The number of carbonyl (C=O) groups excluding carboxylic acids is 2. The number of halogens is 1. The minimum Gasteiger partial charge on any atom is -0.377 e. The molecule has 0 bridgehead atoms. The lowest BCUT2D eigenvalue weighted by Crippen LogP contribution is -2.57. The van der Waals surface area contributed by atoms with Crippen LogP contribution in [-0.2, 0) is 16.0 Å². The van der Waals surface area contributed by atoms with E-state index in [1.165, 1.54) is 6.08 Å². The second-order valence-electron chi connectivity index (χ2n) is 11.7. The van der Waals surface area contributed by atoms with Gasteiger partial charge in [-0.05, 0) is 88.4 Å². The number of hydrogen-bond acceptors (Lipinski definition) is 5. The van der Waals surface area contributed by atoms with E-state index in [4.69, 9.17) is 4.74 Å².